The Morgan fingerprint density at radius 1 is 1.03 bits per heavy atom. The van der Waals surface area contributed by atoms with Gasteiger partial charge in [0.15, 0.2) is 0 Å². The zero-order valence-corrected chi connectivity index (χ0v) is 18.0. The summed E-state index contributed by atoms with van der Waals surface area (Å²) in [6.07, 6.45) is 1.98. The van der Waals surface area contributed by atoms with Gasteiger partial charge in [-0.2, -0.15) is 0 Å². The van der Waals surface area contributed by atoms with E-state index in [-0.39, 0.29) is 17.7 Å². The lowest BCUT2D eigenvalue weighted by Crippen LogP contribution is -2.23. The van der Waals surface area contributed by atoms with E-state index in [4.69, 9.17) is 15.2 Å². The lowest BCUT2D eigenvalue weighted by Gasteiger charge is -2.23. The van der Waals surface area contributed by atoms with Gasteiger partial charge in [0.2, 0.25) is 0 Å². The molecule has 1 amide bonds. The van der Waals surface area contributed by atoms with E-state index in [9.17, 15) is 4.79 Å². The van der Waals surface area contributed by atoms with Crippen molar-refractivity contribution >= 4 is 16.7 Å². The highest BCUT2D eigenvalue weighted by molar-refractivity contribution is 5.90. The molecular formula is C26H27N3O3. The molecule has 3 N–H and O–H groups in total. The van der Waals surface area contributed by atoms with E-state index in [1.54, 1.807) is 0 Å². The number of benzene rings is 3. The molecule has 0 aliphatic carbocycles. The predicted molar refractivity (Wildman–Crippen MR) is 125 cm³/mol. The Morgan fingerprint density at radius 2 is 1.78 bits per heavy atom. The van der Waals surface area contributed by atoms with Gasteiger partial charge < -0.3 is 20.2 Å². The van der Waals surface area contributed by atoms with Crippen molar-refractivity contribution < 1.29 is 14.3 Å². The van der Waals surface area contributed by atoms with Crippen LogP contribution < -0.4 is 10.5 Å². The highest BCUT2D eigenvalue weighted by Crippen LogP contribution is 2.26. The van der Waals surface area contributed by atoms with Crippen LogP contribution in [-0.2, 0) is 11.3 Å². The summed E-state index contributed by atoms with van der Waals surface area (Å²) in [7, 11) is 0. The van der Waals surface area contributed by atoms with E-state index >= 15 is 0 Å². The number of ether oxygens (including phenoxy) is 2. The van der Waals surface area contributed by atoms with Crippen LogP contribution in [0.5, 0.6) is 5.75 Å². The normalized spacial score (nSPS) is 13.0. The molecule has 0 spiro atoms. The zero-order chi connectivity index (χ0) is 22.3. The van der Waals surface area contributed by atoms with Crippen molar-refractivity contribution in [3.63, 3.8) is 0 Å². The molecule has 0 unspecified atom stereocenters. The summed E-state index contributed by atoms with van der Waals surface area (Å²) in [5.74, 6) is 0.860. The van der Waals surface area contributed by atoms with Gasteiger partial charge in [-0.1, -0.05) is 60.7 Å². The van der Waals surface area contributed by atoms with Crippen molar-refractivity contribution in [1.29, 1.82) is 0 Å². The third-order valence-corrected chi connectivity index (χ3v) is 5.55. The molecule has 0 radical (unpaired) electrons. The Balaban J connectivity index is 1.44. The number of amides is 1. The molecule has 4 rings (SSSR count). The first-order chi connectivity index (χ1) is 15.6. The number of nitrogens with two attached hydrogens (primary N) is 1. The number of hydrogen-bond donors (Lipinski definition) is 2. The Kier molecular flexibility index (Phi) is 6.82. The van der Waals surface area contributed by atoms with Crippen LogP contribution in [0.25, 0.3) is 10.8 Å². The molecule has 0 bridgehead atoms. The summed E-state index contributed by atoms with van der Waals surface area (Å²) in [5.41, 5.74) is 6.78. The predicted octanol–water partition coefficient (Wildman–Crippen LogP) is 4.82. The fourth-order valence-electron chi connectivity index (χ4n) is 3.72. The molecule has 6 nitrogen and oxygen atoms in total. The van der Waals surface area contributed by atoms with Crippen LogP contribution in [0.3, 0.4) is 0 Å². The molecule has 3 aromatic carbocycles. The van der Waals surface area contributed by atoms with Crippen LogP contribution in [-0.4, -0.2) is 28.6 Å². The third kappa shape index (κ3) is 5.34. The topological polar surface area (TPSA) is 90.2 Å². The number of fused-ring (bicyclic) bond motifs is 1. The molecule has 4 aromatic rings. The number of hydrogen-bond acceptors (Lipinski definition) is 4. The summed E-state index contributed by atoms with van der Waals surface area (Å²) in [6.45, 7) is 2.98. The highest BCUT2D eigenvalue weighted by Gasteiger charge is 2.24. The quantitative estimate of drug-likeness (QED) is 0.378. The fraction of sp³-hybridized carbons (Fsp3) is 0.231. The van der Waals surface area contributed by atoms with Crippen molar-refractivity contribution in [3.05, 3.63) is 96.1 Å². The monoisotopic (exact) mass is 429 g/mol. The van der Waals surface area contributed by atoms with Crippen LogP contribution in [0.1, 0.15) is 41.1 Å². The van der Waals surface area contributed by atoms with Gasteiger partial charge in [0, 0.05) is 5.92 Å². The van der Waals surface area contributed by atoms with Gasteiger partial charge in [0.1, 0.15) is 17.3 Å². The van der Waals surface area contributed by atoms with Crippen molar-refractivity contribution in [1.82, 2.24) is 9.97 Å². The number of primary amides is 1. The van der Waals surface area contributed by atoms with Gasteiger partial charge >= 0.3 is 0 Å². The maximum atomic E-state index is 11.5. The molecule has 1 heterocycles. The van der Waals surface area contributed by atoms with Gasteiger partial charge in [-0.3, -0.25) is 4.79 Å². The van der Waals surface area contributed by atoms with Crippen LogP contribution >= 0.6 is 0 Å². The van der Waals surface area contributed by atoms with Gasteiger partial charge in [0.25, 0.3) is 5.91 Å². The first-order valence-corrected chi connectivity index (χ1v) is 10.7. The number of imidazole rings is 1. The minimum absolute atomic E-state index is 0.0905. The molecule has 0 aliphatic rings. The van der Waals surface area contributed by atoms with Crippen LogP contribution in [0, 0.1) is 0 Å². The lowest BCUT2D eigenvalue weighted by atomic mass is 9.99. The first-order valence-electron chi connectivity index (χ1n) is 10.7. The SMILES string of the molecule is C[C@H](OCc1ccccc1)[C@H](CCOc1ccc2ccccc2c1)c1ncc(C(N)=O)[nH]1. The van der Waals surface area contributed by atoms with Gasteiger partial charge in [0.05, 0.1) is 25.5 Å². The number of carbonyl (C=O) groups excluding carboxylic acids is 1. The standard InChI is InChI=1S/C26H27N3O3/c1-18(32-17-19-7-3-2-4-8-19)23(26-28-16-24(29-26)25(27)30)13-14-31-22-12-11-20-9-5-6-10-21(20)15-22/h2-12,15-16,18,23H,13-14,17H2,1H3,(H2,27,30)(H,28,29)/t18-,23-/m0/s1. The van der Waals surface area contributed by atoms with Crippen molar-refractivity contribution in [2.75, 3.05) is 6.61 Å². The molecule has 6 heteroatoms. The zero-order valence-electron chi connectivity index (χ0n) is 18.0. The maximum Gasteiger partial charge on any atom is 0.266 e. The minimum atomic E-state index is -0.534. The molecule has 0 saturated carbocycles. The minimum Gasteiger partial charge on any atom is -0.494 e. The van der Waals surface area contributed by atoms with Crippen molar-refractivity contribution in [3.8, 4) is 5.75 Å². The molecule has 0 aliphatic heterocycles. The smallest absolute Gasteiger partial charge is 0.266 e. The second-order valence-corrected chi connectivity index (χ2v) is 7.80. The summed E-state index contributed by atoms with van der Waals surface area (Å²) in [5, 5.41) is 2.31. The first kappa shape index (κ1) is 21.6. The molecule has 164 valence electrons. The number of nitrogens with zero attached hydrogens (tertiary/aromatic N) is 1. The van der Waals surface area contributed by atoms with E-state index in [0.717, 1.165) is 16.7 Å². The van der Waals surface area contributed by atoms with Crippen LogP contribution in [0.15, 0.2) is 79.0 Å². The number of aromatic nitrogens is 2. The number of aromatic amines is 1. The Hall–Kier alpha value is -3.64. The Labute approximate surface area is 187 Å². The second-order valence-electron chi connectivity index (χ2n) is 7.80. The highest BCUT2D eigenvalue weighted by atomic mass is 16.5. The number of carbonyl (C=O) groups is 1. The van der Waals surface area contributed by atoms with Gasteiger partial charge in [-0.15, -0.1) is 0 Å². The number of H-pyrrole nitrogens is 1. The molecule has 2 atom stereocenters. The average molecular weight is 430 g/mol. The molecular weight excluding hydrogens is 402 g/mol. The molecule has 0 saturated heterocycles. The maximum absolute atomic E-state index is 11.5. The largest absolute Gasteiger partial charge is 0.494 e. The summed E-state index contributed by atoms with van der Waals surface area (Å²) >= 11 is 0. The van der Waals surface area contributed by atoms with Gasteiger partial charge in [-0.05, 0) is 41.8 Å². The summed E-state index contributed by atoms with van der Waals surface area (Å²) in [6, 6.07) is 24.3. The Morgan fingerprint density at radius 3 is 2.53 bits per heavy atom. The van der Waals surface area contributed by atoms with Crippen LogP contribution in [0.4, 0.5) is 0 Å². The van der Waals surface area contributed by atoms with E-state index < -0.39 is 5.91 Å². The van der Waals surface area contributed by atoms with E-state index in [2.05, 4.69) is 28.2 Å². The average Bonchev–Trinajstić information content (AvgIpc) is 3.31. The number of nitrogens with one attached hydrogen (secondary N) is 1. The second kappa shape index (κ2) is 10.1. The Bertz CT molecular complexity index is 1170. The van der Waals surface area contributed by atoms with E-state index in [1.807, 2.05) is 61.5 Å². The molecule has 32 heavy (non-hydrogen) atoms. The molecule has 0 fully saturated rings. The number of rotatable bonds is 10. The van der Waals surface area contributed by atoms with Gasteiger partial charge in [-0.25, -0.2) is 4.98 Å². The lowest BCUT2D eigenvalue weighted by molar-refractivity contribution is 0.0277. The molecule has 1 aromatic heterocycles. The third-order valence-electron chi connectivity index (χ3n) is 5.55. The summed E-state index contributed by atoms with van der Waals surface area (Å²) < 4.78 is 12.2. The fourth-order valence-corrected chi connectivity index (χ4v) is 3.72. The van der Waals surface area contributed by atoms with Crippen molar-refractivity contribution in [2.24, 2.45) is 5.73 Å². The van der Waals surface area contributed by atoms with Crippen LogP contribution in [0.2, 0.25) is 0 Å². The summed E-state index contributed by atoms with van der Waals surface area (Å²) in [4.78, 5) is 19.0. The van der Waals surface area contributed by atoms with E-state index in [0.29, 0.717) is 25.5 Å². The van der Waals surface area contributed by atoms with E-state index in [1.165, 1.54) is 11.6 Å². The van der Waals surface area contributed by atoms with Crippen molar-refractivity contribution in [2.45, 2.75) is 32.0 Å².